The van der Waals surface area contributed by atoms with Crippen molar-refractivity contribution in [1.29, 1.82) is 0 Å². The Kier molecular flexibility index (Phi) is 3.31. The maximum Gasteiger partial charge on any atom is 0.324 e. The number of nitrogen functional groups attached to an aromatic ring is 1. The predicted octanol–water partition coefficient (Wildman–Crippen LogP) is -0.862. The number of nitrogens with two attached hydrogens (primary N) is 1. The van der Waals surface area contributed by atoms with Gasteiger partial charge in [0, 0.05) is 0 Å². The van der Waals surface area contributed by atoms with Crippen LogP contribution in [0.3, 0.4) is 0 Å². The molecule has 0 bridgehead atoms. The van der Waals surface area contributed by atoms with E-state index in [9.17, 15) is 0 Å². The molecule has 0 aromatic carbocycles. The van der Waals surface area contributed by atoms with E-state index in [1.165, 1.54) is 17.3 Å². The fourth-order valence-corrected chi connectivity index (χ4v) is 1.07. The number of hydrazine groups is 1. The lowest BCUT2D eigenvalue weighted by Gasteiger charge is -2.09. The van der Waals surface area contributed by atoms with Crippen LogP contribution < -0.4 is 16.0 Å². The Labute approximate surface area is 102 Å². The molecule has 9 heteroatoms. The van der Waals surface area contributed by atoms with E-state index in [0.29, 0.717) is 0 Å². The van der Waals surface area contributed by atoms with Gasteiger partial charge in [0.05, 0.1) is 0 Å². The van der Waals surface area contributed by atoms with E-state index in [1.807, 2.05) is 0 Å². The Bertz CT molecular complexity index is 560. The van der Waals surface area contributed by atoms with Gasteiger partial charge in [0.2, 0.25) is 5.95 Å². The average Bonchev–Trinajstić information content (AvgIpc) is 2.92. The van der Waals surface area contributed by atoms with Gasteiger partial charge in [0.1, 0.15) is 12.7 Å². The molecule has 2 aromatic rings. The van der Waals surface area contributed by atoms with E-state index >= 15 is 0 Å². The fourth-order valence-electron chi connectivity index (χ4n) is 1.07. The minimum Gasteiger partial charge on any atom is -0.447 e. The topological polar surface area (TPSA) is 117 Å². The molecule has 2 rings (SSSR count). The van der Waals surface area contributed by atoms with E-state index in [2.05, 4.69) is 36.4 Å². The number of ether oxygens (including phenoxy) is 1. The largest absolute Gasteiger partial charge is 0.447 e. The third-order valence-corrected chi connectivity index (χ3v) is 1.87. The summed E-state index contributed by atoms with van der Waals surface area (Å²) in [6, 6.07) is 0.0499. The first-order valence-electron chi connectivity index (χ1n) is 4.93. The number of nitrogens with one attached hydrogen (secondary N) is 1. The summed E-state index contributed by atoms with van der Waals surface area (Å²) in [6.45, 7) is 1.69. The minimum absolute atomic E-state index is 0.0499. The van der Waals surface area contributed by atoms with Crippen molar-refractivity contribution in [2.24, 2.45) is 5.84 Å². The first kappa shape index (κ1) is 11.7. The van der Waals surface area contributed by atoms with E-state index in [4.69, 9.17) is 17.0 Å². The molecule has 1 atom stereocenters. The summed E-state index contributed by atoms with van der Waals surface area (Å²) < 4.78 is 6.63. The van der Waals surface area contributed by atoms with Crippen molar-refractivity contribution < 1.29 is 4.74 Å². The van der Waals surface area contributed by atoms with E-state index in [-0.39, 0.29) is 17.9 Å². The van der Waals surface area contributed by atoms with Gasteiger partial charge in [-0.2, -0.15) is 24.7 Å². The van der Waals surface area contributed by atoms with E-state index < -0.39 is 6.10 Å². The molecular weight excluding hydrogens is 236 g/mol. The van der Waals surface area contributed by atoms with Crippen molar-refractivity contribution >= 4 is 5.95 Å². The summed E-state index contributed by atoms with van der Waals surface area (Å²) in [5, 5.41) is 3.89. The molecule has 0 saturated heterocycles. The number of anilines is 1. The Balaban J connectivity index is 2.37. The number of nitrogens with zero attached hydrogens (tertiary/aromatic N) is 6. The summed E-state index contributed by atoms with van der Waals surface area (Å²) in [5.74, 6) is 8.01. The number of aromatic nitrogens is 6. The van der Waals surface area contributed by atoms with Gasteiger partial charge in [0.25, 0.3) is 5.95 Å². The SMILES string of the molecule is C#CC(C)Oc1nc(NN)nc(-n2cncn2)n1. The molecule has 0 saturated carbocycles. The van der Waals surface area contributed by atoms with Crippen LogP contribution in [0.4, 0.5) is 5.95 Å². The lowest BCUT2D eigenvalue weighted by atomic mass is 10.4. The Morgan fingerprint density at radius 1 is 1.50 bits per heavy atom. The monoisotopic (exact) mass is 246 g/mol. The summed E-state index contributed by atoms with van der Waals surface area (Å²) in [4.78, 5) is 15.7. The first-order chi connectivity index (χ1) is 8.72. The summed E-state index contributed by atoms with van der Waals surface area (Å²) in [6.07, 6.45) is 7.52. The molecular formula is C9H10N8O. The fraction of sp³-hybridized carbons (Fsp3) is 0.222. The minimum atomic E-state index is -0.471. The van der Waals surface area contributed by atoms with Crippen LogP contribution in [0.5, 0.6) is 6.01 Å². The van der Waals surface area contributed by atoms with Gasteiger partial charge in [-0.15, -0.1) is 6.42 Å². The van der Waals surface area contributed by atoms with Gasteiger partial charge in [-0.25, -0.2) is 10.8 Å². The first-order valence-corrected chi connectivity index (χ1v) is 4.93. The van der Waals surface area contributed by atoms with Crippen LogP contribution in [-0.4, -0.2) is 35.8 Å². The molecule has 92 valence electrons. The van der Waals surface area contributed by atoms with Crippen molar-refractivity contribution in [2.75, 3.05) is 5.43 Å². The summed E-state index contributed by atoms with van der Waals surface area (Å²) in [5.41, 5.74) is 2.31. The Morgan fingerprint density at radius 2 is 2.33 bits per heavy atom. The smallest absolute Gasteiger partial charge is 0.324 e. The molecule has 0 fully saturated rings. The molecule has 9 nitrogen and oxygen atoms in total. The number of rotatable bonds is 4. The third kappa shape index (κ3) is 2.50. The van der Waals surface area contributed by atoms with Gasteiger partial charge in [-0.3, -0.25) is 5.43 Å². The zero-order chi connectivity index (χ0) is 13.0. The van der Waals surface area contributed by atoms with Crippen molar-refractivity contribution in [3.8, 4) is 24.3 Å². The lowest BCUT2D eigenvalue weighted by Crippen LogP contribution is -2.17. The zero-order valence-corrected chi connectivity index (χ0v) is 9.48. The second kappa shape index (κ2) is 5.07. The summed E-state index contributed by atoms with van der Waals surface area (Å²) >= 11 is 0. The Hall–Kier alpha value is -2.73. The van der Waals surface area contributed by atoms with Crippen LogP contribution in [0.25, 0.3) is 5.95 Å². The molecule has 0 amide bonds. The van der Waals surface area contributed by atoms with Crippen LogP contribution in [0.1, 0.15) is 6.92 Å². The zero-order valence-electron chi connectivity index (χ0n) is 9.48. The molecule has 2 aromatic heterocycles. The quantitative estimate of drug-likeness (QED) is 0.406. The van der Waals surface area contributed by atoms with Gasteiger partial charge < -0.3 is 4.74 Å². The molecule has 3 N–H and O–H groups in total. The van der Waals surface area contributed by atoms with Crippen LogP contribution in [0.15, 0.2) is 12.7 Å². The normalized spacial score (nSPS) is 11.6. The van der Waals surface area contributed by atoms with Gasteiger partial charge >= 0.3 is 6.01 Å². The molecule has 0 radical (unpaired) electrons. The number of hydrogen-bond acceptors (Lipinski definition) is 8. The molecule has 0 spiro atoms. The van der Waals surface area contributed by atoms with Gasteiger partial charge in [-0.05, 0) is 6.92 Å². The summed E-state index contributed by atoms with van der Waals surface area (Å²) in [7, 11) is 0. The highest BCUT2D eigenvalue weighted by Crippen LogP contribution is 2.10. The van der Waals surface area contributed by atoms with Crippen LogP contribution >= 0.6 is 0 Å². The van der Waals surface area contributed by atoms with Crippen molar-refractivity contribution in [2.45, 2.75) is 13.0 Å². The van der Waals surface area contributed by atoms with Gasteiger partial charge in [0.15, 0.2) is 6.10 Å². The second-order valence-electron chi connectivity index (χ2n) is 3.15. The van der Waals surface area contributed by atoms with Crippen LogP contribution in [0.2, 0.25) is 0 Å². The molecule has 18 heavy (non-hydrogen) atoms. The molecule has 0 aliphatic heterocycles. The molecule has 2 heterocycles. The van der Waals surface area contributed by atoms with Crippen molar-refractivity contribution in [3.63, 3.8) is 0 Å². The molecule has 0 aliphatic carbocycles. The number of terminal acetylenes is 1. The Morgan fingerprint density at radius 3 is 2.94 bits per heavy atom. The highest BCUT2D eigenvalue weighted by atomic mass is 16.5. The van der Waals surface area contributed by atoms with Crippen molar-refractivity contribution in [1.82, 2.24) is 29.7 Å². The average molecular weight is 246 g/mol. The van der Waals surface area contributed by atoms with Crippen molar-refractivity contribution in [3.05, 3.63) is 12.7 Å². The van der Waals surface area contributed by atoms with Gasteiger partial charge in [-0.1, -0.05) is 5.92 Å². The van der Waals surface area contributed by atoms with Crippen LogP contribution in [0, 0.1) is 12.3 Å². The van der Waals surface area contributed by atoms with E-state index in [0.717, 1.165) is 0 Å². The third-order valence-electron chi connectivity index (χ3n) is 1.87. The number of hydrogen-bond donors (Lipinski definition) is 2. The molecule has 0 aliphatic rings. The van der Waals surface area contributed by atoms with Crippen LogP contribution in [-0.2, 0) is 0 Å². The highest BCUT2D eigenvalue weighted by Gasteiger charge is 2.10. The predicted molar refractivity (Wildman–Crippen MR) is 61.5 cm³/mol. The maximum absolute atomic E-state index is 5.29. The maximum atomic E-state index is 5.29. The lowest BCUT2D eigenvalue weighted by molar-refractivity contribution is 0.255. The standard InChI is InChI=1S/C9H10N8O/c1-3-6(2)18-9-14-7(16-10)13-8(15-9)17-5-11-4-12-17/h1,4-6H,10H2,2H3,(H,13,14,15,16). The highest BCUT2D eigenvalue weighted by molar-refractivity contribution is 5.28. The molecule has 1 unspecified atom stereocenters. The second-order valence-corrected chi connectivity index (χ2v) is 3.15. The van der Waals surface area contributed by atoms with E-state index in [1.54, 1.807) is 6.92 Å².